The van der Waals surface area contributed by atoms with Gasteiger partial charge in [0.15, 0.2) is 11.4 Å². The number of nitrogens with one attached hydrogen (secondary N) is 2. The molecule has 0 unspecified atom stereocenters. The highest BCUT2D eigenvalue weighted by Crippen LogP contribution is 2.57. The van der Waals surface area contributed by atoms with Crippen LogP contribution in [0.2, 0.25) is 0 Å². The summed E-state index contributed by atoms with van der Waals surface area (Å²) in [6.45, 7) is 7.50. The third kappa shape index (κ3) is 7.83. The number of halogens is 2. The van der Waals surface area contributed by atoms with Crippen molar-refractivity contribution in [2.24, 2.45) is 11.1 Å². The summed E-state index contributed by atoms with van der Waals surface area (Å²) in [5.41, 5.74) is 9.58. The lowest BCUT2D eigenvalue weighted by molar-refractivity contribution is -0.384. The Hall–Kier alpha value is -6.09. The van der Waals surface area contributed by atoms with Gasteiger partial charge in [-0.15, -0.1) is 0 Å². The number of alkyl halides is 2. The topological polar surface area (TPSA) is 202 Å². The van der Waals surface area contributed by atoms with E-state index in [1.165, 1.54) is 17.2 Å². The minimum Gasteiger partial charge on any atom is -0.489 e. The Balaban J connectivity index is 0.936. The van der Waals surface area contributed by atoms with Crippen molar-refractivity contribution in [3.63, 3.8) is 0 Å². The number of carbonyl (C=O) groups is 1. The first-order chi connectivity index (χ1) is 34.1. The summed E-state index contributed by atoms with van der Waals surface area (Å²) in [6, 6.07) is 17.5. The first kappa shape index (κ1) is 46.0. The van der Waals surface area contributed by atoms with Crippen molar-refractivity contribution < 1.29 is 41.1 Å². The van der Waals surface area contributed by atoms with E-state index in [0.717, 1.165) is 38.3 Å². The standard InChI is InChI=1S/C51H57F2N9O8S/c1-29(2)34-6-3-4-7-35(34)37-8-5-15-60(37)32-21-50(22-32)27-59(28-50)38-10-9-36(47(54)63)45(61-40-18-30-11-14-55-48(30)57-49(40)70-43-26-68-25-41(43)61)46(38)71(66,67)33-19-39(62(64)65)44-42(20-33)69-24-31(56-44)23-58-16-12-51(52,53)13-17-58/h3-4,6-7,9-11,14,18-20,29,31-32,37,41,43,56H,5,8,12-13,15-17,21-28H2,1-2H3,(H2,54,63)(H,55,57)/t31-,37-,41-,43-/m0/s1. The Morgan fingerprint density at radius 1 is 1.01 bits per heavy atom. The normalized spacial score (nSPS) is 24.9. The number of primary amides is 1. The number of anilines is 4. The molecule has 5 aromatic rings. The molecule has 17 nitrogen and oxygen atoms in total. The highest BCUT2D eigenvalue weighted by Gasteiger charge is 2.56. The quantitative estimate of drug-likeness (QED) is 0.0866. The van der Waals surface area contributed by atoms with Crippen molar-refractivity contribution in [2.75, 3.05) is 74.2 Å². The number of carbonyl (C=O) groups excluding carboxylic acids is 1. The predicted octanol–water partition coefficient (Wildman–Crippen LogP) is 7.53. The first-order valence-corrected chi connectivity index (χ1v) is 26.2. The number of pyridine rings is 1. The second-order valence-corrected chi connectivity index (χ2v) is 22.9. The number of H-pyrrole nitrogens is 1. The van der Waals surface area contributed by atoms with Crippen molar-refractivity contribution in [3.8, 4) is 11.6 Å². The molecule has 4 N–H and O–H groups in total. The van der Waals surface area contributed by atoms with Gasteiger partial charge in [-0.05, 0) is 73.5 Å². The minimum absolute atomic E-state index is 0.000474. The lowest BCUT2D eigenvalue weighted by Gasteiger charge is -2.62. The number of likely N-dealkylation sites (tertiary alicyclic amines) is 2. The van der Waals surface area contributed by atoms with Crippen LogP contribution in [-0.2, 0) is 14.6 Å². The second kappa shape index (κ2) is 17.0. The molecule has 2 aromatic heterocycles. The van der Waals surface area contributed by atoms with Gasteiger partial charge in [0.05, 0.1) is 52.1 Å². The second-order valence-electron chi connectivity index (χ2n) is 21.0. The first-order valence-electron chi connectivity index (χ1n) is 24.7. The van der Waals surface area contributed by atoms with Crippen molar-refractivity contribution in [1.82, 2.24) is 19.8 Å². The van der Waals surface area contributed by atoms with Crippen LogP contribution in [0.4, 0.5) is 37.2 Å². The van der Waals surface area contributed by atoms with Crippen LogP contribution >= 0.6 is 0 Å². The van der Waals surface area contributed by atoms with Gasteiger partial charge in [-0.2, -0.15) is 4.98 Å². The Morgan fingerprint density at radius 2 is 1.80 bits per heavy atom. The molecule has 4 saturated heterocycles. The Bertz CT molecular complexity index is 3070. The maximum absolute atomic E-state index is 16.0. The summed E-state index contributed by atoms with van der Waals surface area (Å²) in [5.74, 6) is -3.06. The van der Waals surface area contributed by atoms with Gasteiger partial charge < -0.3 is 44.9 Å². The Labute approximate surface area is 409 Å². The number of nitrogens with two attached hydrogens (primary N) is 1. The Morgan fingerprint density at radius 3 is 2.56 bits per heavy atom. The fraction of sp³-hybridized carbons (Fsp3) is 0.490. The van der Waals surface area contributed by atoms with Crippen LogP contribution in [0.5, 0.6) is 11.6 Å². The van der Waals surface area contributed by atoms with E-state index in [1.807, 2.05) is 21.9 Å². The zero-order valence-electron chi connectivity index (χ0n) is 39.6. The van der Waals surface area contributed by atoms with Gasteiger partial charge >= 0.3 is 0 Å². The summed E-state index contributed by atoms with van der Waals surface area (Å²) in [4.78, 5) is 41.7. The molecule has 1 aliphatic carbocycles. The van der Waals surface area contributed by atoms with E-state index in [9.17, 15) is 23.7 Å². The average molecular weight is 994 g/mol. The van der Waals surface area contributed by atoms with Crippen LogP contribution in [0.1, 0.15) is 85.8 Å². The number of aromatic nitrogens is 2. The van der Waals surface area contributed by atoms with E-state index in [0.29, 0.717) is 60.0 Å². The Kier molecular flexibility index (Phi) is 11.0. The molecule has 4 atom stereocenters. The van der Waals surface area contributed by atoms with Crippen LogP contribution in [0, 0.1) is 15.5 Å². The third-order valence-corrected chi connectivity index (χ3v) is 17.9. The molecule has 5 fully saturated rings. The van der Waals surface area contributed by atoms with Crippen molar-refractivity contribution in [3.05, 3.63) is 93.7 Å². The van der Waals surface area contributed by atoms with E-state index in [4.69, 9.17) is 24.9 Å². The molecular weight excluding hydrogens is 937 g/mol. The van der Waals surface area contributed by atoms with Crippen LogP contribution < -0.4 is 30.3 Å². The van der Waals surface area contributed by atoms with Gasteiger partial charge in [0.2, 0.25) is 15.7 Å². The van der Waals surface area contributed by atoms with E-state index in [1.54, 1.807) is 23.2 Å². The monoisotopic (exact) mass is 993 g/mol. The van der Waals surface area contributed by atoms with Crippen LogP contribution in [0.3, 0.4) is 0 Å². The molecule has 0 radical (unpaired) electrons. The van der Waals surface area contributed by atoms with Crippen molar-refractivity contribution >= 4 is 55.2 Å². The molecular formula is C51H57F2N9O8S. The van der Waals surface area contributed by atoms with E-state index < -0.39 is 55.4 Å². The number of amides is 1. The summed E-state index contributed by atoms with van der Waals surface area (Å²) < 4.78 is 78.5. The van der Waals surface area contributed by atoms with Gasteiger partial charge in [0.25, 0.3) is 17.5 Å². The number of aromatic amines is 1. The molecule has 6 aliphatic heterocycles. The summed E-state index contributed by atoms with van der Waals surface area (Å²) in [5, 5.41) is 16.9. The lowest BCUT2D eigenvalue weighted by atomic mass is 9.60. The fourth-order valence-electron chi connectivity index (χ4n) is 12.6. The van der Waals surface area contributed by atoms with Gasteiger partial charge in [-0.1, -0.05) is 38.1 Å². The van der Waals surface area contributed by atoms with E-state index >= 15 is 8.42 Å². The largest absolute Gasteiger partial charge is 0.489 e. The van der Waals surface area contributed by atoms with Crippen molar-refractivity contribution in [2.45, 2.75) is 104 Å². The maximum Gasteiger partial charge on any atom is 0.297 e. The van der Waals surface area contributed by atoms with Crippen LogP contribution in [0.25, 0.3) is 11.0 Å². The number of benzene rings is 3. The molecule has 1 saturated carbocycles. The van der Waals surface area contributed by atoms with E-state index in [2.05, 4.69) is 53.3 Å². The number of nitrogens with zero attached hydrogens (tertiary/aromatic N) is 6. The fourth-order valence-corrected chi connectivity index (χ4v) is 14.3. The summed E-state index contributed by atoms with van der Waals surface area (Å²) in [7, 11) is -4.82. The van der Waals surface area contributed by atoms with Gasteiger partial charge in [-0.3, -0.25) is 19.8 Å². The highest BCUT2D eigenvalue weighted by atomic mass is 32.2. The smallest absolute Gasteiger partial charge is 0.297 e. The zero-order chi connectivity index (χ0) is 49.1. The highest BCUT2D eigenvalue weighted by molar-refractivity contribution is 7.91. The van der Waals surface area contributed by atoms with Crippen LogP contribution in [-0.4, -0.2) is 128 Å². The molecule has 374 valence electrons. The van der Waals surface area contributed by atoms with E-state index in [-0.39, 0.29) is 84.6 Å². The number of nitro benzene ring substituents is 1. The maximum atomic E-state index is 16.0. The summed E-state index contributed by atoms with van der Waals surface area (Å²) in [6.07, 6.45) is 4.66. The SMILES string of the molecule is CC(C)c1ccccc1[C@@H]1CCCN1C1CC2(C1)CN(c1ccc(C(N)=O)c(N3c4cc5cc[nH]c5nc4O[C@H]4COC[C@@H]43)c1S(=O)(=O)c1cc3c(c([N+](=O)[O-])c1)N[C@@H](CN1CCC(F)(F)CC1)CO3)C2. The number of fused-ring (bicyclic) bond motifs is 4. The zero-order valence-corrected chi connectivity index (χ0v) is 40.4. The van der Waals surface area contributed by atoms with Gasteiger partial charge in [0, 0.05) is 86.8 Å². The minimum atomic E-state index is -4.82. The number of piperidine rings is 1. The molecule has 71 heavy (non-hydrogen) atoms. The van der Waals surface area contributed by atoms with Crippen molar-refractivity contribution in [1.29, 1.82) is 0 Å². The molecule has 3 aromatic carbocycles. The molecule has 12 rings (SSSR count). The number of hydrogen-bond acceptors (Lipinski definition) is 14. The number of ether oxygens (including phenoxy) is 3. The van der Waals surface area contributed by atoms with Crippen LogP contribution in [0.15, 0.2) is 76.7 Å². The number of rotatable bonds is 11. The lowest BCUT2D eigenvalue weighted by Crippen LogP contribution is -2.66. The van der Waals surface area contributed by atoms with Gasteiger partial charge in [-0.25, -0.2) is 17.2 Å². The molecule has 8 heterocycles. The number of hydrogen-bond donors (Lipinski definition) is 3. The average Bonchev–Trinajstić information content (AvgIpc) is 4.11. The number of nitro groups is 1. The molecule has 20 heteroatoms. The predicted molar refractivity (Wildman–Crippen MR) is 261 cm³/mol. The molecule has 1 amide bonds. The number of sulfone groups is 1. The summed E-state index contributed by atoms with van der Waals surface area (Å²) >= 11 is 0. The third-order valence-electron chi connectivity index (χ3n) is 16.1. The van der Waals surface area contributed by atoms with Gasteiger partial charge in [0.1, 0.15) is 28.9 Å². The molecule has 0 bridgehead atoms. The molecule has 1 spiro atoms. The molecule has 7 aliphatic rings.